The summed E-state index contributed by atoms with van der Waals surface area (Å²) >= 11 is 0. The molecule has 0 amide bonds. The first kappa shape index (κ1) is 21.7. The molecule has 0 radical (unpaired) electrons. The van der Waals surface area contributed by atoms with Crippen molar-refractivity contribution in [2.24, 2.45) is 5.92 Å². The van der Waals surface area contributed by atoms with Crippen LogP contribution >= 0.6 is 0 Å². The molecule has 0 aromatic carbocycles. The molecule has 1 atom stereocenters. The predicted octanol–water partition coefficient (Wildman–Crippen LogP) is 1.85. The van der Waals surface area contributed by atoms with E-state index >= 15 is 0 Å². The van der Waals surface area contributed by atoms with Crippen LogP contribution in [0, 0.1) is 5.92 Å². The van der Waals surface area contributed by atoms with Crippen LogP contribution in [0.3, 0.4) is 0 Å². The molecule has 170 valence electrons. The maximum atomic E-state index is 12.3. The van der Waals surface area contributed by atoms with Crippen molar-refractivity contribution in [3.63, 3.8) is 0 Å². The molecule has 4 rings (SSSR count). The molecule has 4 heterocycles. The Morgan fingerprint density at radius 1 is 1.34 bits per heavy atom. The molecule has 1 fully saturated rings. The van der Waals surface area contributed by atoms with E-state index in [2.05, 4.69) is 35.1 Å². The van der Waals surface area contributed by atoms with Crippen molar-refractivity contribution in [2.45, 2.75) is 19.1 Å². The molecular formula is C18H19F3N8O3. The van der Waals surface area contributed by atoms with Gasteiger partial charge in [0, 0.05) is 19.3 Å². The number of carboxylic acid groups (broad SMARTS) is 1. The van der Waals surface area contributed by atoms with E-state index in [4.69, 9.17) is 0 Å². The first-order valence-corrected chi connectivity index (χ1v) is 9.69. The highest BCUT2D eigenvalue weighted by atomic mass is 19.4. The Morgan fingerprint density at radius 2 is 2.19 bits per heavy atom. The lowest BCUT2D eigenvalue weighted by Gasteiger charge is -2.17. The van der Waals surface area contributed by atoms with Gasteiger partial charge in [-0.25, -0.2) is 15.0 Å². The Kier molecular flexibility index (Phi) is 6.03. The third kappa shape index (κ3) is 5.01. The minimum absolute atomic E-state index is 0.0472. The van der Waals surface area contributed by atoms with Crippen LogP contribution in [0.15, 0.2) is 24.8 Å². The second-order valence-corrected chi connectivity index (χ2v) is 7.13. The summed E-state index contributed by atoms with van der Waals surface area (Å²) in [6, 6.07) is 1.62. The summed E-state index contributed by atoms with van der Waals surface area (Å²) in [6.07, 6.45) is 0.422. The number of ether oxygens (including phenoxy) is 1. The second-order valence-electron chi connectivity index (χ2n) is 7.13. The summed E-state index contributed by atoms with van der Waals surface area (Å²) in [5, 5.41) is 16.5. The minimum atomic E-state index is -4.41. The monoisotopic (exact) mass is 452 g/mol. The number of nitrogens with zero attached hydrogens (tertiary/aromatic N) is 7. The normalized spacial score (nSPS) is 16.6. The molecule has 2 N–H and O–H groups in total. The number of anilines is 3. The van der Waals surface area contributed by atoms with Crippen LogP contribution in [-0.2, 0) is 16.1 Å². The Hall–Kier alpha value is -3.55. The molecule has 3 aromatic rings. The van der Waals surface area contributed by atoms with E-state index in [0.29, 0.717) is 41.6 Å². The van der Waals surface area contributed by atoms with Crippen molar-refractivity contribution in [3.05, 3.63) is 24.8 Å². The standard InChI is InChI=1S/C18H19F3N8O3/c19-18(20,21)9-32-6-5-29-14-12(7-24-29)25-17(28-4-2-11(8-28)16(30)31)27-15(14)26-13-1-3-22-10-23-13/h1,3,7,10-11H,2,4-6,8-9H2,(H,30,31)(H,22,23,25,26,27)/t11-/m0/s1. The number of nitrogens with one attached hydrogen (secondary N) is 1. The maximum absolute atomic E-state index is 12.3. The molecule has 11 nitrogen and oxygen atoms in total. The smallest absolute Gasteiger partial charge is 0.411 e. The largest absolute Gasteiger partial charge is 0.481 e. The van der Waals surface area contributed by atoms with Crippen molar-refractivity contribution < 1.29 is 27.8 Å². The third-order valence-corrected chi connectivity index (χ3v) is 4.84. The van der Waals surface area contributed by atoms with E-state index < -0.39 is 24.7 Å². The predicted molar refractivity (Wildman–Crippen MR) is 105 cm³/mol. The summed E-state index contributed by atoms with van der Waals surface area (Å²) < 4.78 is 43.1. The number of halogens is 3. The van der Waals surface area contributed by atoms with E-state index in [-0.39, 0.29) is 19.7 Å². The molecule has 0 bridgehead atoms. The number of aromatic nitrogens is 6. The van der Waals surface area contributed by atoms with Gasteiger partial charge in [-0.3, -0.25) is 9.48 Å². The Labute approximate surface area is 179 Å². The van der Waals surface area contributed by atoms with Gasteiger partial charge in [-0.2, -0.15) is 23.3 Å². The van der Waals surface area contributed by atoms with Crippen LogP contribution in [0.2, 0.25) is 0 Å². The zero-order valence-electron chi connectivity index (χ0n) is 16.7. The number of aliphatic carboxylic acids is 1. The zero-order chi connectivity index (χ0) is 22.7. The summed E-state index contributed by atoms with van der Waals surface area (Å²) in [4.78, 5) is 30.1. The van der Waals surface area contributed by atoms with E-state index in [1.165, 1.54) is 23.4 Å². The van der Waals surface area contributed by atoms with Gasteiger partial charge < -0.3 is 20.1 Å². The fraction of sp³-hybridized carbons (Fsp3) is 0.444. The number of hydrogen-bond acceptors (Lipinski definition) is 9. The summed E-state index contributed by atoms with van der Waals surface area (Å²) in [7, 11) is 0. The third-order valence-electron chi connectivity index (χ3n) is 4.84. The topological polar surface area (TPSA) is 131 Å². The highest BCUT2D eigenvalue weighted by Gasteiger charge is 2.30. The molecule has 3 aromatic heterocycles. The van der Waals surface area contributed by atoms with Crippen molar-refractivity contribution in [2.75, 3.05) is 36.5 Å². The fourth-order valence-corrected chi connectivity index (χ4v) is 3.35. The minimum Gasteiger partial charge on any atom is -0.481 e. The quantitative estimate of drug-likeness (QED) is 0.488. The molecule has 32 heavy (non-hydrogen) atoms. The van der Waals surface area contributed by atoms with Gasteiger partial charge in [0.25, 0.3) is 0 Å². The van der Waals surface area contributed by atoms with Crippen molar-refractivity contribution in [3.8, 4) is 0 Å². The van der Waals surface area contributed by atoms with Gasteiger partial charge in [0.15, 0.2) is 5.82 Å². The number of fused-ring (bicyclic) bond motifs is 1. The van der Waals surface area contributed by atoms with Crippen LogP contribution in [-0.4, -0.2) is 73.3 Å². The molecule has 14 heteroatoms. The van der Waals surface area contributed by atoms with Crippen LogP contribution in [0.1, 0.15) is 6.42 Å². The second kappa shape index (κ2) is 8.90. The molecule has 0 spiro atoms. The van der Waals surface area contributed by atoms with E-state index in [0.717, 1.165) is 0 Å². The summed E-state index contributed by atoms with van der Waals surface area (Å²) in [5.41, 5.74) is 0.901. The molecule has 0 aliphatic carbocycles. The summed E-state index contributed by atoms with van der Waals surface area (Å²) in [6.45, 7) is -0.760. The average molecular weight is 452 g/mol. The van der Waals surface area contributed by atoms with Crippen LogP contribution < -0.4 is 10.2 Å². The Morgan fingerprint density at radius 3 is 2.88 bits per heavy atom. The highest BCUT2D eigenvalue weighted by Crippen LogP contribution is 2.28. The lowest BCUT2D eigenvalue weighted by molar-refractivity contribution is -0.174. The number of carboxylic acids is 1. The van der Waals surface area contributed by atoms with Crippen molar-refractivity contribution in [1.29, 1.82) is 0 Å². The lowest BCUT2D eigenvalue weighted by Crippen LogP contribution is -2.24. The molecular weight excluding hydrogens is 433 g/mol. The summed E-state index contributed by atoms with van der Waals surface area (Å²) in [5.74, 6) is -0.293. The number of alkyl halides is 3. The SMILES string of the molecule is O=C(O)[C@H]1CCN(c2nc(Nc3ccncn3)c3c(cnn3CCOCC(F)(F)F)n2)C1. The Bertz CT molecular complexity index is 1090. The molecule has 0 saturated carbocycles. The van der Waals surface area contributed by atoms with Gasteiger partial charge in [0.2, 0.25) is 5.95 Å². The number of carbonyl (C=O) groups is 1. The first-order chi connectivity index (χ1) is 15.3. The van der Waals surface area contributed by atoms with Gasteiger partial charge in [-0.15, -0.1) is 0 Å². The zero-order valence-corrected chi connectivity index (χ0v) is 16.7. The van der Waals surface area contributed by atoms with Gasteiger partial charge in [-0.05, 0) is 12.5 Å². The number of hydrogen-bond donors (Lipinski definition) is 2. The number of rotatable bonds is 8. The Balaban J connectivity index is 1.63. The molecule has 1 aliphatic heterocycles. The average Bonchev–Trinajstić information content (AvgIpc) is 3.39. The highest BCUT2D eigenvalue weighted by molar-refractivity contribution is 5.88. The molecule has 0 unspecified atom stereocenters. The van der Waals surface area contributed by atoms with Gasteiger partial charge in [0.1, 0.15) is 29.8 Å². The van der Waals surface area contributed by atoms with Gasteiger partial charge in [0.05, 0.1) is 25.3 Å². The van der Waals surface area contributed by atoms with Gasteiger partial charge in [-0.1, -0.05) is 0 Å². The van der Waals surface area contributed by atoms with Crippen molar-refractivity contribution >= 4 is 34.6 Å². The van der Waals surface area contributed by atoms with Crippen LogP contribution in [0.25, 0.3) is 11.0 Å². The first-order valence-electron chi connectivity index (χ1n) is 9.69. The molecule has 1 saturated heterocycles. The van der Waals surface area contributed by atoms with E-state index in [1.807, 2.05) is 0 Å². The molecule has 1 aliphatic rings. The van der Waals surface area contributed by atoms with Crippen LogP contribution in [0.5, 0.6) is 0 Å². The van der Waals surface area contributed by atoms with Crippen molar-refractivity contribution in [1.82, 2.24) is 29.7 Å². The van der Waals surface area contributed by atoms with Crippen LogP contribution in [0.4, 0.5) is 30.8 Å². The van der Waals surface area contributed by atoms with E-state index in [1.54, 1.807) is 11.0 Å². The van der Waals surface area contributed by atoms with E-state index in [9.17, 15) is 23.1 Å². The lowest BCUT2D eigenvalue weighted by atomic mass is 10.1. The maximum Gasteiger partial charge on any atom is 0.411 e. The fourth-order valence-electron chi connectivity index (χ4n) is 3.35. The van der Waals surface area contributed by atoms with Gasteiger partial charge >= 0.3 is 12.1 Å².